The lowest BCUT2D eigenvalue weighted by Gasteiger charge is -2.11. The summed E-state index contributed by atoms with van der Waals surface area (Å²) >= 11 is 0. The van der Waals surface area contributed by atoms with Gasteiger partial charge in [0.25, 0.3) is 0 Å². The van der Waals surface area contributed by atoms with Crippen LogP contribution in [0.5, 0.6) is 0 Å². The number of likely N-dealkylation sites (N-methyl/N-ethyl adjacent to an activating group) is 1. The maximum atomic E-state index is 11.8. The minimum absolute atomic E-state index is 0.113. The van der Waals surface area contributed by atoms with Crippen LogP contribution in [0, 0.1) is 0 Å². The van der Waals surface area contributed by atoms with Crippen molar-refractivity contribution in [3.05, 3.63) is 36.0 Å². The highest BCUT2D eigenvalue weighted by Gasteiger charge is 2.19. The molecule has 1 saturated carbocycles. The Morgan fingerprint density at radius 3 is 2.85 bits per heavy atom. The van der Waals surface area contributed by atoms with E-state index in [1.54, 1.807) is 19.0 Å². The molecule has 1 N–H and O–H groups in total. The second kappa shape index (κ2) is 5.29. The molecule has 20 heavy (non-hydrogen) atoms. The molecule has 106 valence electrons. The smallest absolute Gasteiger partial charge is 0.241 e. The number of nitrogens with zero attached hydrogens (tertiary/aromatic N) is 2. The predicted octanol–water partition coefficient (Wildman–Crippen LogP) is 1.98. The molecule has 1 aliphatic carbocycles. The second-order valence-electron chi connectivity index (χ2n) is 5.78. The third kappa shape index (κ3) is 2.85. The van der Waals surface area contributed by atoms with Gasteiger partial charge in [0.1, 0.15) is 6.54 Å². The molecule has 4 heteroatoms. The number of hydrogen-bond acceptors (Lipinski definition) is 2. The molecule has 1 fully saturated rings. The first kappa shape index (κ1) is 13.2. The van der Waals surface area contributed by atoms with Crippen LogP contribution in [0.15, 0.2) is 30.5 Å². The summed E-state index contributed by atoms with van der Waals surface area (Å²) in [5.74, 6) is 0.113. The Morgan fingerprint density at radius 2 is 2.15 bits per heavy atom. The number of amides is 1. The van der Waals surface area contributed by atoms with E-state index >= 15 is 0 Å². The highest BCUT2D eigenvalue weighted by molar-refractivity contribution is 5.83. The molecular formula is C16H21N3O. The number of carbonyl (C=O) groups is 1. The summed E-state index contributed by atoms with van der Waals surface area (Å²) in [5, 5.41) is 4.72. The van der Waals surface area contributed by atoms with Crippen LogP contribution >= 0.6 is 0 Å². The molecule has 3 rings (SSSR count). The SMILES string of the molecule is CN(C)C(=O)Cn1ccc2cc(CNC3CC3)ccc21. The Balaban J connectivity index is 1.76. The van der Waals surface area contributed by atoms with Gasteiger partial charge in [0.15, 0.2) is 0 Å². The molecule has 1 aliphatic rings. The molecule has 1 aromatic heterocycles. The number of nitrogens with one attached hydrogen (secondary N) is 1. The number of rotatable bonds is 5. The van der Waals surface area contributed by atoms with Gasteiger partial charge in [-0.3, -0.25) is 4.79 Å². The zero-order valence-corrected chi connectivity index (χ0v) is 12.1. The molecule has 0 aliphatic heterocycles. The monoisotopic (exact) mass is 271 g/mol. The van der Waals surface area contributed by atoms with Crippen molar-refractivity contribution in [2.24, 2.45) is 0 Å². The van der Waals surface area contributed by atoms with Crippen molar-refractivity contribution >= 4 is 16.8 Å². The van der Waals surface area contributed by atoms with Crippen molar-refractivity contribution in [1.29, 1.82) is 0 Å². The van der Waals surface area contributed by atoms with Gasteiger partial charge >= 0.3 is 0 Å². The molecule has 1 heterocycles. The zero-order valence-electron chi connectivity index (χ0n) is 12.1. The quantitative estimate of drug-likeness (QED) is 0.903. The highest BCUT2D eigenvalue weighted by atomic mass is 16.2. The number of benzene rings is 1. The molecule has 0 radical (unpaired) electrons. The fourth-order valence-electron chi connectivity index (χ4n) is 2.33. The molecule has 0 saturated heterocycles. The van der Waals surface area contributed by atoms with Gasteiger partial charge in [0.05, 0.1) is 0 Å². The number of fused-ring (bicyclic) bond motifs is 1. The van der Waals surface area contributed by atoms with Crippen molar-refractivity contribution < 1.29 is 4.79 Å². The lowest BCUT2D eigenvalue weighted by Crippen LogP contribution is -2.25. The lowest BCUT2D eigenvalue weighted by molar-refractivity contribution is -0.129. The van der Waals surface area contributed by atoms with Crippen LogP contribution in [-0.2, 0) is 17.9 Å². The summed E-state index contributed by atoms with van der Waals surface area (Å²) in [6.45, 7) is 1.33. The molecular weight excluding hydrogens is 250 g/mol. The first-order valence-corrected chi connectivity index (χ1v) is 7.15. The second-order valence-corrected chi connectivity index (χ2v) is 5.78. The van der Waals surface area contributed by atoms with Gasteiger partial charge in [-0.15, -0.1) is 0 Å². The van der Waals surface area contributed by atoms with Crippen LogP contribution in [0.1, 0.15) is 18.4 Å². The van der Waals surface area contributed by atoms with Crippen LogP contribution in [0.2, 0.25) is 0 Å². The molecule has 4 nitrogen and oxygen atoms in total. The van der Waals surface area contributed by atoms with E-state index in [0.29, 0.717) is 6.54 Å². The van der Waals surface area contributed by atoms with Crippen LogP contribution in [-0.4, -0.2) is 35.5 Å². The predicted molar refractivity (Wildman–Crippen MR) is 80.5 cm³/mol. The molecule has 0 atom stereocenters. The van der Waals surface area contributed by atoms with Crippen molar-refractivity contribution in [3.8, 4) is 0 Å². The van der Waals surface area contributed by atoms with Crippen molar-refractivity contribution in [1.82, 2.24) is 14.8 Å². The summed E-state index contributed by atoms with van der Waals surface area (Å²) < 4.78 is 2.01. The van der Waals surface area contributed by atoms with E-state index in [0.717, 1.165) is 18.1 Å². The lowest BCUT2D eigenvalue weighted by atomic mass is 10.1. The largest absolute Gasteiger partial charge is 0.347 e. The fraction of sp³-hybridized carbons (Fsp3) is 0.438. The van der Waals surface area contributed by atoms with Crippen LogP contribution in [0.25, 0.3) is 10.9 Å². The summed E-state index contributed by atoms with van der Waals surface area (Å²) in [4.78, 5) is 13.4. The normalized spacial score (nSPS) is 14.7. The molecule has 0 unspecified atom stereocenters. The van der Waals surface area contributed by atoms with Crippen molar-refractivity contribution in [2.75, 3.05) is 14.1 Å². The van der Waals surface area contributed by atoms with Gasteiger partial charge < -0.3 is 14.8 Å². The van der Waals surface area contributed by atoms with E-state index in [-0.39, 0.29) is 5.91 Å². The number of aromatic nitrogens is 1. The third-order valence-corrected chi connectivity index (χ3v) is 3.81. The molecule has 2 aromatic rings. The first-order chi connectivity index (χ1) is 9.63. The average Bonchev–Trinajstić information content (AvgIpc) is 3.18. The van der Waals surface area contributed by atoms with Crippen molar-refractivity contribution in [2.45, 2.75) is 32.0 Å². The van der Waals surface area contributed by atoms with E-state index < -0.39 is 0 Å². The van der Waals surface area contributed by atoms with Crippen LogP contribution in [0.3, 0.4) is 0 Å². The van der Waals surface area contributed by atoms with E-state index in [4.69, 9.17) is 0 Å². The summed E-state index contributed by atoms with van der Waals surface area (Å²) in [7, 11) is 3.57. The molecule has 0 spiro atoms. The van der Waals surface area contributed by atoms with Gasteiger partial charge in [0, 0.05) is 38.4 Å². The zero-order chi connectivity index (χ0) is 14.1. The summed E-state index contributed by atoms with van der Waals surface area (Å²) in [5.41, 5.74) is 2.43. The third-order valence-electron chi connectivity index (χ3n) is 3.81. The number of carbonyl (C=O) groups excluding carboxylic acids is 1. The molecule has 1 aromatic carbocycles. The standard InChI is InChI=1S/C16H21N3O/c1-18(2)16(20)11-19-8-7-13-9-12(3-6-15(13)19)10-17-14-4-5-14/h3,6-9,14,17H,4-5,10-11H2,1-2H3. The van der Waals surface area contributed by atoms with Gasteiger partial charge in [-0.05, 0) is 42.0 Å². The topological polar surface area (TPSA) is 37.3 Å². The van der Waals surface area contributed by atoms with E-state index in [1.165, 1.54) is 23.8 Å². The Morgan fingerprint density at radius 1 is 1.35 bits per heavy atom. The van der Waals surface area contributed by atoms with Crippen LogP contribution < -0.4 is 5.32 Å². The summed E-state index contributed by atoms with van der Waals surface area (Å²) in [6.07, 6.45) is 4.61. The maximum absolute atomic E-state index is 11.8. The molecule has 0 bridgehead atoms. The van der Waals surface area contributed by atoms with Gasteiger partial charge in [0.2, 0.25) is 5.91 Å². The van der Waals surface area contributed by atoms with E-state index in [9.17, 15) is 4.79 Å². The summed E-state index contributed by atoms with van der Waals surface area (Å²) in [6, 6.07) is 9.28. The Labute approximate surface area is 119 Å². The number of hydrogen-bond donors (Lipinski definition) is 1. The molecule has 1 amide bonds. The Hall–Kier alpha value is -1.81. The van der Waals surface area contributed by atoms with E-state index in [2.05, 4.69) is 29.6 Å². The average molecular weight is 271 g/mol. The fourth-order valence-corrected chi connectivity index (χ4v) is 2.33. The van der Waals surface area contributed by atoms with Gasteiger partial charge in [-0.25, -0.2) is 0 Å². The van der Waals surface area contributed by atoms with Crippen molar-refractivity contribution in [3.63, 3.8) is 0 Å². The maximum Gasteiger partial charge on any atom is 0.241 e. The van der Waals surface area contributed by atoms with E-state index in [1.807, 2.05) is 10.8 Å². The van der Waals surface area contributed by atoms with Gasteiger partial charge in [-0.1, -0.05) is 6.07 Å². The minimum Gasteiger partial charge on any atom is -0.347 e. The highest BCUT2D eigenvalue weighted by Crippen LogP contribution is 2.21. The van der Waals surface area contributed by atoms with Crippen LogP contribution in [0.4, 0.5) is 0 Å². The first-order valence-electron chi connectivity index (χ1n) is 7.15. The van der Waals surface area contributed by atoms with Gasteiger partial charge in [-0.2, -0.15) is 0 Å². The Bertz CT molecular complexity index is 626. The Kier molecular flexibility index (Phi) is 3.49. The minimum atomic E-state index is 0.113.